The quantitative estimate of drug-likeness (QED) is 0.287. The molecule has 1 fully saturated rings. The van der Waals surface area contributed by atoms with E-state index in [-0.39, 0.29) is 19.1 Å². The standard InChI is InChI=1S/C30H32BClN2O4/c1-19-14-20(27(32)33-16-19)15-21(31-37-29(2,3)30(4,5)38-31)17-34-28(35)36-18-26-24-12-8-6-10-22(24)23-11-7-9-13-25(23)26/h6-16,26H,17-18H2,1-5H3,(H,34,35). The van der Waals surface area contributed by atoms with Gasteiger partial charge in [0.25, 0.3) is 0 Å². The molecule has 0 atom stereocenters. The molecular weight excluding hydrogens is 499 g/mol. The Morgan fingerprint density at radius 1 is 1.05 bits per heavy atom. The van der Waals surface area contributed by atoms with Gasteiger partial charge in [-0.3, -0.25) is 0 Å². The predicted molar refractivity (Wildman–Crippen MR) is 151 cm³/mol. The summed E-state index contributed by atoms with van der Waals surface area (Å²) in [5.74, 6) is -0.0107. The van der Waals surface area contributed by atoms with Gasteiger partial charge in [0.15, 0.2) is 0 Å². The van der Waals surface area contributed by atoms with Gasteiger partial charge in [-0.05, 0) is 74.0 Å². The lowest BCUT2D eigenvalue weighted by Gasteiger charge is -2.32. The van der Waals surface area contributed by atoms with Crippen molar-refractivity contribution in [3.63, 3.8) is 0 Å². The summed E-state index contributed by atoms with van der Waals surface area (Å²) in [5, 5.41) is 3.25. The van der Waals surface area contributed by atoms with Gasteiger partial charge in [0, 0.05) is 24.2 Å². The topological polar surface area (TPSA) is 69.7 Å². The Bertz CT molecular complexity index is 1340. The smallest absolute Gasteiger partial charge is 0.449 e. The first-order chi connectivity index (χ1) is 18.1. The minimum atomic E-state index is -0.662. The molecule has 0 saturated carbocycles. The molecule has 0 unspecified atom stereocenters. The van der Waals surface area contributed by atoms with Crippen LogP contribution in [0.5, 0.6) is 0 Å². The van der Waals surface area contributed by atoms with Gasteiger partial charge in [0.1, 0.15) is 11.8 Å². The minimum Gasteiger partial charge on any atom is -0.449 e. The van der Waals surface area contributed by atoms with Gasteiger partial charge in [0.05, 0.1) is 11.2 Å². The first kappa shape index (κ1) is 26.5. The number of benzene rings is 2. The number of rotatable bonds is 6. The van der Waals surface area contributed by atoms with Crippen LogP contribution >= 0.6 is 11.6 Å². The fourth-order valence-corrected chi connectivity index (χ4v) is 5.05. The van der Waals surface area contributed by atoms with Crippen molar-refractivity contribution in [1.29, 1.82) is 0 Å². The number of aryl methyl sites for hydroxylation is 1. The van der Waals surface area contributed by atoms with Crippen LogP contribution in [-0.2, 0) is 14.0 Å². The number of halogens is 1. The summed E-state index contributed by atoms with van der Waals surface area (Å²) < 4.78 is 18.3. The molecule has 0 bridgehead atoms. The number of alkyl carbamates (subject to hydrolysis) is 1. The number of amides is 1. The summed E-state index contributed by atoms with van der Waals surface area (Å²) >= 11 is 6.38. The zero-order valence-corrected chi connectivity index (χ0v) is 23.1. The number of nitrogens with zero attached hydrogens (tertiary/aromatic N) is 1. The number of nitrogens with one attached hydrogen (secondary N) is 1. The molecule has 38 heavy (non-hydrogen) atoms. The molecule has 6 nitrogen and oxygen atoms in total. The molecule has 1 amide bonds. The molecular formula is C30H32BClN2O4. The van der Waals surface area contributed by atoms with Crippen LogP contribution in [0.2, 0.25) is 5.15 Å². The van der Waals surface area contributed by atoms with Gasteiger partial charge in [-0.2, -0.15) is 0 Å². The van der Waals surface area contributed by atoms with E-state index in [9.17, 15) is 4.79 Å². The molecule has 1 aliphatic carbocycles. The largest absolute Gasteiger partial charge is 0.492 e. The van der Waals surface area contributed by atoms with Crippen LogP contribution in [-0.4, -0.2) is 42.5 Å². The molecule has 5 rings (SSSR count). The molecule has 196 valence electrons. The van der Waals surface area contributed by atoms with E-state index in [1.165, 1.54) is 22.3 Å². The Kier molecular flexibility index (Phi) is 7.12. The third-order valence-electron chi connectivity index (χ3n) is 7.68. The molecule has 2 heterocycles. The number of fused-ring (bicyclic) bond motifs is 3. The van der Waals surface area contributed by atoms with E-state index < -0.39 is 24.4 Å². The van der Waals surface area contributed by atoms with E-state index in [2.05, 4.69) is 34.6 Å². The minimum absolute atomic E-state index is 0.0107. The van der Waals surface area contributed by atoms with Gasteiger partial charge in [-0.25, -0.2) is 9.78 Å². The summed E-state index contributed by atoms with van der Waals surface area (Å²) in [6.45, 7) is 10.3. The molecule has 8 heteroatoms. The zero-order valence-electron chi connectivity index (χ0n) is 22.4. The van der Waals surface area contributed by atoms with Crippen LogP contribution < -0.4 is 5.32 Å². The molecule has 3 aromatic rings. The van der Waals surface area contributed by atoms with Crippen molar-refractivity contribution in [3.05, 3.63) is 93.7 Å². The third-order valence-corrected chi connectivity index (χ3v) is 8.00. The Morgan fingerprint density at radius 3 is 2.24 bits per heavy atom. The highest BCUT2D eigenvalue weighted by molar-refractivity contribution is 6.56. The van der Waals surface area contributed by atoms with Crippen molar-refractivity contribution in [2.24, 2.45) is 0 Å². The first-order valence-electron chi connectivity index (χ1n) is 12.8. The third kappa shape index (κ3) is 5.11. The SMILES string of the molecule is Cc1cnc(Cl)c(C=C(CNC(=O)OCC2c3ccccc3-c3ccccc32)B2OC(C)(C)C(C)(C)O2)c1. The van der Waals surface area contributed by atoms with Crippen LogP contribution in [0.1, 0.15) is 55.9 Å². The van der Waals surface area contributed by atoms with E-state index in [4.69, 9.17) is 25.6 Å². The summed E-state index contributed by atoms with van der Waals surface area (Å²) in [7, 11) is -0.662. The van der Waals surface area contributed by atoms with Gasteiger partial charge in [-0.15, -0.1) is 0 Å². The second kappa shape index (κ2) is 10.2. The first-order valence-corrected chi connectivity index (χ1v) is 13.2. The average Bonchev–Trinajstić information content (AvgIpc) is 3.31. The van der Waals surface area contributed by atoms with Gasteiger partial charge < -0.3 is 19.4 Å². The van der Waals surface area contributed by atoms with E-state index in [0.717, 1.165) is 11.1 Å². The lowest BCUT2D eigenvalue weighted by molar-refractivity contribution is 0.00578. The van der Waals surface area contributed by atoms with Crippen molar-refractivity contribution >= 4 is 30.9 Å². The Labute approximate surface area is 229 Å². The highest BCUT2D eigenvalue weighted by atomic mass is 35.5. The number of aromatic nitrogens is 1. The van der Waals surface area contributed by atoms with Crippen molar-refractivity contribution in [1.82, 2.24) is 10.3 Å². The highest BCUT2D eigenvalue weighted by Crippen LogP contribution is 2.44. The fraction of sp³-hybridized carbons (Fsp3) is 0.333. The summed E-state index contributed by atoms with van der Waals surface area (Å²) in [6, 6.07) is 18.5. The van der Waals surface area contributed by atoms with Crippen LogP contribution in [0.15, 0.2) is 66.3 Å². The van der Waals surface area contributed by atoms with Crippen LogP contribution in [0.25, 0.3) is 17.2 Å². The van der Waals surface area contributed by atoms with Crippen LogP contribution in [0.4, 0.5) is 4.79 Å². The lowest BCUT2D eigenvalue weighted by Crippen LogP contribution is -2.41. The van der Waals surface area contributed by atoms with Gasteiger partial charge in [0.2, 0.25) is 0 Å². The van der Waals surface area contributed by atoms with Gasteiger partial charge in [-0.1, -0.05) is 66.2 Å². The van der Waals surface area contributed by atoms with E-state index in [1.54, 1.807) is 6.20 Å². The number of pyridine rings is 1. The summed E-state index contributed by atoms with van der Waals surface area (Å²) in [4.78, 5) is 17.1. The highest BCUT2D eigenvalue weighted by Gasteiger charge is 2.52. The van der Waals surface area contributed by atoms with Crippen molar-refractivity contribution in [2.75, 3.05) is 13.2 Å². The molecule has 0 radical (unpaired) electrons. The van der Waals surface area contributed by atoms with E-state index in [1.807, 2.05) is 71.0 Å². The second-order valence-corrected chi connectivity index (χ2v) is 11.2. The molecule has 2 aromatic carbocycles. The van der Waals surface area contributed by atoms with E-state index >= 15 is 0 Å². The maximum absolute atomic E-state index is 12.9. The number of hydrogen-bond acceptors (Lipinski definition) is 5. The Morgan fingerprint density at radius 2 is 1.63 bits per heavy atom. The molecule has 1 aliphatic heterocycles. The number of carbonyl (C=O) groups excluding carboxylic acids is 1. The Balaban J connectivity index is 1.31. The van der Waals surface area contributed by atoms with E-state index in [0.29, 0.717) is 10.6 Å². The normalized spacial score (nSPS) is 17.7. The molecule has 1 aromatic heterocycles. The maximum Gasteiger partial charge on any atom is 0.492 e. The number of hydrogen-bond donors (Lipinski definition) is 1. The van der Waals surface area contributed by atoms with Gasteiger partial charge >= 0.3 is 13.2 Å². The Hall–Kier alpha value is -3.13. The predicted octanol–water partition coefficient (Wildman–Crippen LogP) is 6.60. The molecule has 1 saturated heterocycles. The molecule has 2 aliphatic rings. The molecule has 1 N–H and O–H groups in total. The zero-order chi connectivity index (χ0) is 27.1. The lowest BCUT2D eigenvalue weighted by atomic mass is 9.77. The van der Waals surface area contributed by atoms with Crippen molar-refractivity contribution < 1.29 is 18.8 Å². The number of carbonyl (C=O) groups is 1. The summed E-state index contributed by atoms with van der Waals surface area (Å²) in [5.41, 5.74) is 6.06. The van der Waals surface area contributed by atoms with Crippen molar-refractivity contribution in [3.8, 4) is 11.1 Å². The average molecular weight is 531 g/mol. The second-order valence-electron chi connectivity index (χ2n) is 10.9. The maximum atomic E-state index is 12.9. The van der Waals surface area contributed by atoms with Crippen LogP contribution in [0, 0.1) is 6.92 Å². The van der Waals surface area contributed by atoms with Crippen LogP contribution in [0.3, 0.4) is 0 Å². The molecule has 0 spiro atoms. The number of ether oxygens (including phenoxy) is 1. The fourth-order valence-electron chi connectivity index (χ4n) is 4.90. The monoisotopic (exact) mass is 530 g/mol. The van der Waals surface area contributed by atoms with Crippen molar-refractivity contribution in [2.45, 2.75) is 51.7 Å². The summed E-state index contributed by atoms with van der Waals surface area (Å²) in [6.07, 6.45) is 3.07.